The summed E-state index contributed by atoms with van der Waals surface area (Å²) in [4.78, 5) is 10.1. The van der Waals surface area contributed by atoms with Crippen molar-refractivity contribution in [3.63, 3.8) is 0 Å². The number of nitro groups is 1. The summed E-state index contributed by atoms with van der Waals surface area (Å²) in [5, 5.41) is 13.8. The number of hydrogen-bond donors (Lipinski definition) is 1. The van der Waals surface area contributed by atoms with E-state index in [1.54, 1.807) is 12.1 Å². The van der Waals surface area contributed by atoms with Crippen LogP contribution in [-0.2, 0) is 4.74 Å². The highest BCUT2D eigenvalue weighted by Gasteiger charge is 2.29. The van der Waals surface area contributed by atoms with E-state index in [0.717, 1.165) is 25.1 Å². The van der Waals surface area contributed by atoms with Crippen LogP contribution in [0.15, 0.2) is 24.3 Å². The van der Waals surface area contributed by atoms with E-state index in [0.29, 0.717) is 12.1 Å². The van der Waals surface area contributed by atoms with Crippen LogP contribution in [0.5, 0.6) is 0 Å². The number of nitro benzene ring substituents is 1. The van der Waals surface area contributed by atoms with Gasteiger partial charge in [0.15, 0.2) is 0 Å². The zero-order chi connectivity index (χ0) is 12.3. The van der Waals surface area contributed by atoms with E-state index >= 15 is 0 Å². The molecule has 1 aliphatic carbocycles. The average molecular weight is 236 g/mol. The molecule has 0 atom stereocenters. The topological polar surface area (TPSA) is 64.4 Å². The SMILES string of the molecule is CCOC1CC(Nc2ccc([N+](=O)[O-])cc2)C1. The first-order valence-corrected chi connectivity index (χ1v) is 5.81. The number of hydrogen-bond acceptors (Lipinski definition) is 4. The van der Waals surface area contributed by atoms with E-state index in [4.69, 9.17) is 4.74 Å². The molecule has 5 nitrogen and oxygen atoms in total. The first-order valence-electron chi connectivity index (χ1n) is 5.81. The van der Waals surface area contributed by atoms with Crippen molar-refractivity contribution in [2.45, 2.75) is 31.9 Å². The third-order valence-electron chi connectivity index (χ3n) is 2.95. The van der Waals surface area contributed by atoms with Gasteiger partial charge in [0.05, 0.1) is 11.0 Å². The maximum absolute atomic E-state index is 10.5. The van der Waals surface area contributed by atoms with Crippen molar-refractivity contribution < 1.29 is 9.66 Å². The Balaban J connectivity index is 1.82. The van der Waals surface area contributed by atoms with E-state index < -0.39 is 4.92 Å². The van der Waals surface area contributed by atoms with Crippen LogP contribution in [0, 0.1) is 10.1 Å². The standard InChI is InChI=1S/C12H16N2O3/c1-2-17-12-7-10(8-12)13-9-3-5-11(6-4-9)14(15)16/h3-6,10,12-13H,2,7-8H2,1H3. The summed E-state index contributed by atoms with van der Waals surface area (Å²) < 4.78 is 5.47. The summed E-state index contributed by atoms with van der Waals surface area (Å²) in [6.45, 7) is 2.76. The molecule has 0 unspecified atom stereocenters. The molecule has 5 heteroatoms. The van der Waals surface area contributed by atoms with Crippen LogP contribution in [0.25, 0.3) is 0 Å². The molecule has 92 valence electrons. The lowest BCUT2D eigenvalue weighted by Crippen LogP contribution is -2.40. The molecule has 0 saturated heterocycles. The Hall–Kier alpha value is -1.62. The fraction of sp³-hybridized carbons (Fsp3) is 0.500. The molecule has 1 aliphatic rings. The number of ether oxygens (including phenoxy) is 1. The van der Waals surface area contributed by atoms with Gasteiger partial charge >= 0.3 is 0 Å². The summed E-state index contributed by atoms with van der Waals surface area (Å²) in [7, 11) is 0. The molecule has 1 aromatic carbocycles. The van der Waals surface area contributed by atoms with Crippen LogP contribution in [0.4, 0.5) is 11.4 Å². The minimum atomic E-state index is -0.391. The molecule has 0 spiro atoms. The Morgan fingerprint density at radius 1 is 1.41 bits per heavy atom. The fourth-order valence-corrected chi connectivity index (χ4v) is 1.97. The maximum Gasteiger partial charge on any atom is 0.269 e. The van der Waals surface area contributed by atoms with Gasteiger partial charge in [-0.15, -0.1) is 0 Å². The number of rotatable bonds is 5. The summed E-state index contributed by atoms with van der Waals surface area (Å²) in [5.74, 6) is 0. The van der Waals surface area contributed by atoms with Crippen LogP contribution < -0.4 is 5.32 Å². The Morgan fingerprint density at radius 3 is 2.59 bits per heavy atom. The lowest BCUT2D eigenvalue weighted by atomic mass is 9.89. The quantitative estimate of drug-likeness (QED) is 0.630. The van der Waals surface area contributed by atoms with Gasteiger partial charge in [0, 0.05) is 30.5 Å². The molecule has 0 aromatic heterocycles. The zero-order valence-electron chi connectivity index (χ0n) is 9.76. The van der Waals surface area contributed by atoms with E-state index in [2.05, 4.69) is 5.32 Å². The van der Waals surface area contributed by atoms with Crippen molar-refractivity contribution >= 4 is 11.4 Å². The molecule has 1 saturated carbocycles. The van der Waals surface area contributed by atoms with Crippen molar-refractivity contribution in [2.24, 2.45) is 0 Å². The van der Waals surface area contributed by atoms with E-state index in [-0.39, 0.29) is 5.69 Å². The summed E-state index contributed by atoms with van der Waals surface area (Å²) in [6.07, 6.45) is 2.38. The third kappa shape index (κ3) is 2.94. The fourth-order valence-electron chi connectivity index (χ4n) is 1.97. The Bertz CT molecular complexity index is 385. The maximum atomic E-state index is 10.5. The second kappa shape index (κ2) is 5.14. The predicted octanol–water partition coefficient (Wildman–Crippen LogP) is 2.57. The molecule has 0 aliphatic heterocycles. The van der Waals surface area contributed by atoms with Crippen LogP contribution >= 0.6 is 0 Å². The van der Waals surface area contributed by atoms with Crippen LogP contribution in [0.2, 0.25) is 0 Å². The highest BCUT2D eigenvalue weighted by molar-refractivity contribution is 5.49. The molecule has 1 N–H and O–H groups in total. The highest BCUT2D eigenvalue weighted by atomic mass is 16.6. The van der Waals surface area contributed by atoms with Gasteiger partial charge in [-0.25, -0.2) is 0 Å². The molecule has 1 aromatic rings. The monoisotopic (exact) mass is 236 g/mol. The molecular weight excluding hydrogens is 220 g/mol. The average Bonchev–Trinajstić information content (AvgIpc) is 2.27. The summed E-state index contributed by atoms with van der Waals surface area (Å²) >= 11 is 0. The van der Waals surface area contributed by atoms with E-state index in [1.807, 2.05) is 6.92 Å². The number of anilines is 1. The van der Waals surface area contributed by atoms with Gasteiger partial charge in [0.25, 0.3) is 5.69 Å². The molecule has 1 fully saturated rings. The first-order chi connectivity index (χ1) is 8.19. The van der Waals surface area contributed by atoms with Crippen molar-refractivity contribution in [2.75, 3.05) is 11.9 Å². The van der Waals surface area contributed by atoms with Crippen molar-refractivity contribution in [3.05, 3.63) is 34.4 Å². The van der Waals surface area contributed by atoms with Gasteiger partial charge in [0.2, 0.25) is 0 Å². The van der Waals surface area contributed by atoms with Crippen molar-refractivity contribution in [1.82, 2.24) is 0 Å². The first kappa shape index (κ1) is 11.9. The van der Waals surface area contributed by atoms with Crippen LogP contribution in [0.1, 0.15) is 19.8 Å². The number of benzene rings is 1. The Kier molecular flexibility index (Phi) is 3.58. The van der Waals surface area contributed by atoms with E-state index in [9.17, 15) is 10.1 Å². The minimum Gasteiger partial charge on any atom is -0.382 e. The smallest absolute Gasteiger partial charge is 0.269 e. The minimum absolute atomic E-state index is 0.122. The molecule has 0 bridgehead atoms. The Morgan fingerprint density at radius 2 is 2.06 bits per heavy atom. The van der Waals surface area contributed by atoms with Gasteiger partial charge < -0.3 is 10.1 Å². The molecule has 2 rings (SSSR count). The molecule has 17 heavy (non-hydrogen) atoms. The summed E-state index contributed by atoms with van der Waals surface area (Å²) in [5.41, 5.74) is 1.05. The largest absolute Gasteiger partial charge is 0.382 e. The van der Waals surface area contributed by atoms with Gasteiger partial charge in [0.1, 0.15) is 0 Å². The van der Waals surface area contributed by atoms with Gasteiger partial charge in [-0.1, -0.05) is 0 Å². The molecule has 0 radical (unpaired) electrons. The zero-order valence-corrected chi connectivity index (χ0v) is 9.76. The second-order valence-corrected chi connectivity index (χ2v) is 4.19. The second-order valence-electron chi connectivity index (χ2n) is 4.19. The molecule has 0 heterocycles. The highest BCUT2D eigenvalue weighted by Crippen LogP contribution is 2.27. The van der Waals surface area contributed by atoms with Crippen LogP contribution in [0.3, 0.4) is 0 Å². The molecule has 0 amide bonds. The van der Waals surface area contributed by atoms with Gasteiger partial charge in [-0.05, 0) is 31.9 Å². The Labute approximate surface area is 99.9 Å². The molecular formula is C12H16N2O3. The van der Waals surface area contributed by atoms with Gasteiger partial charge in [-0.2, -0.15) is 0 Å². The number of nitrogens with one attached hydrogen (secondary N) is 1. The third-order valence-corrected chi connectivity index (χ3v) is 2.95. The number of non-ortho nitro benzene ring substituents is 1. The normalized spacial score (nSPS) is 22.9. The van der Waals surface area contributed by atoms with Crippen LogP contribution in [-0.4, -0.2) is 23.7 Å². The van der Waals surface area contributed by atoms with Crippen molar-refractivity contribution in [3.8, 4) is 0 Å². The number of nitrogens with zero attached hydrogens (tertiary/aromatic N) is 1. The van der Waals surface area contributed by atoms with E-state index in [1.165, 1.54) is 12.1 Å². The lowest BCUT2D eigenvalue weighted by molar-refractivity contribution is -0.384. The predicted molar refractivity (Wildman–Crippen MR) is 65.2 cm³/mol. The summed E-state index contributed by atoms with van der Waals surface area (Å²) in [6, 6.07) is 6.94. The van der Waals surface area contributed by atoms with Gasteiger partial charge in [-0.3, -0.25) is 10.1 Å². The van der Waals surface area contributed by atoms with Crippen molar-refractivity contribution in [1.29, 1.82) is 0 Å². The lowest BCUT2D eigenvalue weighted by Gasteiger charge is -2.36.